The van der Waals surface area contributed by atoms with E-state index >= 15 is 0 Å². The molecule has 3 aromatic carbocycles. The van der Waals surface area contributed by atoms with Gasteiger partial charge in [-0.25, -0.2) is 25.6 Å². The van der Waals surface area contributed by atoms with Crippen molar-refractivity contribution in [3.8, 4) is 0 Å². The predicted octanol–water partition coefficient (Wildman–Crippen LogP) is 3.57. The second-order valence-electron chi connectivity index (χ2n) is 5.71. The zero-order valence-electron chi connectivity index (χ0n) is 14.1. The van der Waals surface area contributed by atoms with E-state index in [1.165, 1.54) is 24.3 Å². The number of para-hydroxylation sites is 1. The summed E-state index contributed by atoms with van der Waals surface area (Å²) in [7, 11) is -8.11. The molecule has 0 fully saturated rings. The van der Waals surface area contributed by atoms with Crippen LogP contribution in [0.5, 0.6) is 0 Å². The molecule has 0 unspecified atom stereocenters. The van der Waals surface area contributed by atoms with Crippen LogP contribution in [0.3, 0.4) is 0 Å². The lowest BCUT2D eigenvalue weighted by Gasteiger charge is -2.11. The minimum Gasteiger partial charge on any atom is -0.280 e. The van der Waals surface area contributed by atoms with Crippen molar-refractivity contribution in [2.24, 2.45) is 0 Å². The Labute approximate surface area is 160 Å². The maximum absolute atomic E-state index is 13.3. The van der Waals surface area contributed by atoms with Crippen molar-refractivity contribution < 1.29 is 25.6 Å². The third-order valence-electron chi connectivity index (χ3n) is 3.59. The average Bonchev–Trinajstić information content (AvgIpc) is 2.61. The smallest absolute Gasteiger partial charge is 0.262 e. The number of hydrogen-bond acceptors (Lipinski definition) is 4. The number of anilines is 2. The van der Waals surface area contributed by atoms with Crippen molar-refractivity contribution in [1.29, 1.82) is 0 Å². The van der Waals surface area contributed by atoms with E-state index < -0.39 is 36.6 Å². The van der Waals surface area contributed by atoms with Crippen molar-refractivity contribution in [2.75, 3.05) is 9.44 Å². The summed E-state index contributed by atoms with van der Waals surface area (Å²) < 4.78 is 80.3. The third-order valence-corrected chi connectivity index (χ3v) is 6.35. The van der Waals surface area contributed by atoms with Crippen LogP contribution in [-0.4, -0.2) is 16.8 Å². The highest BCUT2D eigenvalue weighted by Crippen LogP contribution is 2.21. The molecule has 146 valence electrons. The summed E-state index contributed by atoms with van der Waals surface area (Å²) in [6.07, 6.45) is 0. The third kappa shape index (κ3) is 4.65. The fourth-order valence-electron chi connectivity index (χ4n) is 2.32. The van der Waals surface area contributed by atoms with E-state index in [0.717, 1.165) is 0 Å². The molecule has 28 heavy (non-hydrogen) atoms. The van der Waals surface area contributed by atoms with E-state index in [0.29, 0.717) is 23.9 Å². The lowest BCUT2D eigenvalue weighted by atomic mass is 10.3. The summed E-state index contributed by atoms with van der Waals surface area (Å²) in [5.74, 6) is -2.07. The number of benzene rings is 3. The SMILES string of the molecule is O=S(=O)(Nc1ccccc1)c1ccc(NS(=O)(=O)c2cc(F)cc(F)c2)cc1. The average molecular weight is 424 g/mol. The maximum atomic E-state index is 13.3. The number of rotatable bonds is 6. The molecule has 2 N–H and O–H groups in total. The molecule has 0 amide bonds. The monoisotopic (exact) mass is 424 g/mol. The van der Waals surface area contributed by atoms with Gasteiger partial charge in [0.05, 0.1) is 9.79 Å². The minimum atomic E-state index is -4.25. The summed E-state index contributed by atoms with van der Waals surface area (Å²) in [5, 5.41) is 0. The molecule has 0 aliphatic heterocycles. The molecule has 0 aliphatic carbocycles. The summed E-state index contributed by atoms with van der Waals surface area (Å²) in [6.45, 7) is 0. The molecule has 0 atom stereocenters. The Morgan fingerprint density at radius 2 is 1.04 bits per heavy atom. The van der Waals surface area contributed by atoms with Gasteiger partial charge in [0.1, 0.15) is 11.6 Å². The van der Waals surface area contributed by atoms with E-state index in [4.69, 9.17) is 0 Å². The fraction of sp³-hybridized carbons (Fsp3) is 0. The van der Waals surface area contributed by atoms with Crippen molar-refractivity contribution in [2.45, 2.75) is 9.79 Å². The minimum absolute atomic E-state index is 0.0309. The Kier molecular flexibility index (Phi) is 5.34. The van der Waals surface area contributed by atoms with Crippen molar-refractivity contribution >= 4 is 31.4 Å². The van der Waals surface area contributed by atoms with E-state index in [-0.39, 0.29) is 10.6 Å². The van der Waals surface area contributed by atoms with Crippen LogP contribution < -0.4 is 9.44 Å². The Hall–Kier alpha value is -2.98. The van der Waals surface area contributed by atoms with Crippen LogP contribution in [0.2, 0.25) is 0 Å². The van der Waals surface area contributed by atoms with Gasteiger partial charge in [-0.2, -0.15) is 0 Å². The van der Waals surface area contributed by atoms with E-state index in [2.05, 4.69) is 9.44 Å². The highest BCUT2D eigenvalue weighted by Gasteiger charge is 2.18. The molecule has 0 heterocycles. The first-order chi connectivity index (χ1) is 13.2. The van der Waals surface area contributed by atoms with Crippen LogP contribution in [0, 0.1) is 11.6 Å². The molecule has 0 radical (unpaired) electrons. The van der Waals surface area contributed by atoms with Crippen LogP contribution >= 0.6 is 0 Å². The first-order valence-electron chi connectivity index (χ1n) is 7.83. The van der Waals surface area contributed by atoms with Crippen molar-refractivity contribution in [1.82, 2.24) is 0 Å². The van der Waals surface area contributed by atoms with Gasteiger partial charge in [-0.1, -0.05) is 18.2 Å². The topological polar surface area (TPSA) is 92.3 Å². The van der Waals surface area contributed by atoms with Gasteiger partial charge in [0, 0.05) is 17.4 Å². The Morgan fingerprint density at radius 1 is 0.571 bits per heavy atom. The molecule has 0 aliphatic rings. The molecule has 0 spiro atoms. The van der Waals surface area contributed by atoms with E-state index in [9.17, 15) is 25.6 Å². The van der Waals surface area contributed by atoms with Crippen LogP contribution in [0.25, 0.3) is 0 Å². The first-order valence-corrected chi connectivity index (χ1v) is 10.8. The van der Waals surface area contributed by atoms with Gasteiger partial charge < -0.3 is 0 Å². The second-order valence-corrected chi connectivity index (χ2v) is 9.07. The summed E-state index contributed by atoms with van der Waals surface area (Å²) in [5.41, 5.74) is 0.406. The standard InChI is InChI=1S/C18H14F2N2O4S2/c19-13-10-14(20)12-18(11-13)28(25,26)22-16-6-8-17(9-7-16)27(23,24)21-15-4-2-1-3-5-15/h1-12,21-22H. The Balaban J connectivity index is 1.80. The Morgan fingerprint density at radius 3 is 1.57 bits per heavy atom. The highest BCUT2D eigenvalue weighted by atomic mass is 32.2. The predicted molar refractivity (Wildman–Crippen MR) is 101 cm³/mol. The summed E-state index contributed by atoms with van der Waals surface area (Å²) >= 11 is 0. The molecular weight excluding hydrogens is 410 g/mol. The molecule has 10 heteroatoms. The van der Waals surface area contributed by atoms with Gasteiger partial charge >= 0.3 is 0 Å². The lowest BCUT2D eigenvalue weighted by molar-refractivity contribution is 0.568. The van der Waals surface area contributed by atoms with Crippen LogP contribution in [0.1, 0.15) is 0 Å². The Bertz CT molecular complexity index is 1180. The number of halogens is 2. The van der Waals surface area contributed by atoms with Gasteiger partial charge in [-0.3, -0.25) is 9.44 Å². The van der Waals surface area contributed by atoms with Gasteiger partial charge in [0.2, 0.25) is 0 Å². The van der Waals surface area contributed by atoms with Gasteiger partial charge in [0.15, 0.2) is 0 Å². The van der Waals surface area contributed by atoms with E-state index in [1.54, 1.807) is 30.3 Å². The highest BCUT2D eigenvalue weighted by molar-refractivity contribution is 7.93. The molecule has 0 saturated heterocycles. The molecule has 6 nitrogen and oxygen atoms in total. The molecule has 0 saturated carbocycles. The number of sulfonamides is 2. The maximum Gasteiger partial charge on any atom is 0.262 e. The molecule has 0 aromatic heterocycles. The molecular formula is C18H14F2N2O4S2. The van der Waals surface area contributed by atoms with E-state index in [1.807, 2.05) is 0 Å². The quantitative estimate of drug-likeness (QED) is 0.633. The number of hydrogen-bond donors (Lipinski definition) is 2. The normalized spacial score (nSPS) is 11.8. The molecule has 0 bridgehead atoms. The summed E-state index contributed by atoms with van der Waals surface area (Å²) in [4.78, 5) is -0.677. The molecule has 3 rings (SSSR count). The summed E-state index contributed by atoms with van der Waals surface area (Å²) in [6, 6.07) is 15.0. The van der Waals surface area contributed by atoms with Crippen LogP contribution in [0.15, 0.2) is 82.6 Å². The van der Waals surface area contributed by atoms with Gasteiger partial charge in [-0.15, -0.1) is 0 Å². The number of nitrogens with one attached hydrogen (secondary N) is 2. The largest absolute Gasteiger partial charge is 0.280 e. The zero-order chi connectivity index (χ0) is 20.4. The fourth-order valence-corrected chi connectivity index (χ4v) is 4.48. The van der Waals surface area contributed by atoms with Crippen LogP contribution in [0.4, 0.5) is 20.2 Å². The van der Waals surface area contributed by atoms with Crippen molar-refractivity contribution in [3.05, 3.63) is 84.4 Å². The zero-order valence-corrected chi connectivity index (χ0v) is 15.8. The van der Waals surface area contributed by atoms with Gasteiger partial charge in [0.25, 0.3) is 20.0 Å². The lowest BCUT2D eigenvalue weighted by Crippen LogP contribution is -2.15. The molecule has 3 aromatic rings. The van der Waals surface area contributed by atoms with Crippen LogP contribution in [-0.2, 0) is 20.0 Å². The van der Waals surface area contributed by atoms with Gasteiger partial charge in [-0.05, 0) is 48.5 Å². The van der Waals surface area contributed by atoms with Crippen molar-refractivity contribution in [3.63, 3.8) is 0 Å². The second kappa shape index (κ2) is 7.56. The first kappa shape index (κ1) is 19.8.